The largest absolute Gasteiger partial charge is 3.00 e. The summed E-state index contributed by atoms with van der Waals surface area (Å²) in [5.41, 5.74) is 0. The molecule has 0 aromatic heterocycles. The molecule has 0 aromatic rings. The normalized spacial score (nSPS) is 0. The molecule has 0 saturated heterocycles. The van der Waals surface area contributed by atoms with Crippen LogP contribution in [0.15, 0.2) is 0 Å². The van der Waals surface area contributed by atoms with Gasteiger partial charge in [0.15, 0.2) is 0 Å². The molecular formula is H6AlCl3O3. The summed E-state index contributed by atoms with van der Waals surface area (Å²) < 4.78 is 0. The van der Waals surface area contributed by atoms with Gasteiger partial charge in [-0.3, -0.25) is 0 Å². The van der Waals surface area contributed by atoms with Crippen LogP contribution < -0.4 is 37.2 Å². The first kappa shape index (κ1) is 267. The monoisotopic (exact) mass is 186 g/mol. The molecule has 3 nitrogen and oxygen atoms in total. The van der Waals surface area contributed by atoms with Gasteiger partial charge in [0, 0.05) is 0 Å². The predicted molar refractivity (Wildman–Crippen MR) is 16.6 cm³/mol. The van der Waals surface area contributed by atoms with Crippen LogP contribution in [0, 0.1) is 0 Å². The topological polar surface area (TPSA) is 94.5 Å². The van der Waals surface area contributed by atoms with Crippen LogP contribution in [0.25, 0.3) is 0 Å². The van der Waals surface area contributed by atoms with Crippen LogP contribution in [-0.4, -0.2) is 33.8 Å². The molecule has 48 valence electrons. The Kier molecular flexibility index (Phi) is 6670. The van der Waals surface area contributed by atoms with Crippen molar-refractivity contribution >= 4 is 17.4 Å². The average Bonchev–Trinajstić information content (AvgIpc) is 0. The molecule has 0 amide bonds. The standard InChI is InChI=1S/Al.3ClH.3H2O/h;3*1H;3*1H2/q+3;;;;;;/p-3. The smallest absolute Gasteiger partial charge is 1.00 e. The van der Waals surface area contributed by atoms with E-state index in [0.717, 1.165) is 0 Å². The van der Waals surface area contributed by atoms with Crippen LogP contribution >= 0.6 is 0 Å². The first-order valence-electron chi connectivity index (χ1n) is 0. The van der Waals surface area contributed by atoms with Gasteiger partial charge in [-0.2, -0.15) is 0 Å². The van der Waals surface area contributed by atoms with Crippen molar-refractivity contribution in [1.29, 1.82) is 0 Å². The van der Waals surface area contributed by atoms with Crippen LogP contribution in [0.1, 0.15) is 0 Å². The van der Waals surface area contributed by atoms with Gasteiger partial charge in [0.2, 0.25) is 0 Å². The molecule has 0 unspecified atom stereocenters. The maximum atomic E-state index is 0. The van der Waals surface area contributed by atoms with Crippen LogP contribution in [0.4, 0.5) is 0 Å². The molecule has 0 aromatic carbocycles. The minimum absolute atomic E-state index is 0. The van der Waals surface area contributed by atoms with Crippen LogP contribution in [0.3, 0.4) is 0 Å². The number of halogens is 3. The zero-order valence-electron chi connectivity index (χ0n) is 3.21. The quantitative estimate of drug-likeness (QED) is 0.337. The number of hydrogen-bond acceptors (Lipinski definition) is 0. The van der Waals surface area contributed by atoms with Crippen molar-refractivity contribution in [3.05, 3.63) is 0 Å². The first-order chi connectivity index (χ1) is 0. The molecule has 6 N–H and O–H groups in total. The second kappa shape index (κ2) is 175. The fourth-order valence-corrected chi connectivity index (χ4v) is 0. The third-order valence-electron chi connectivity index (χ3n) is 0. The summed E-state index contributed by atoms with van der Waals surface area (Å²) in [5, 5.41) is 0. The Balaban J connectivity index is 0. The molecular weight excluding hydrogens is 181 g/mol. The first-order valence-corrected chi connectivity index (χ1v) is 0. The molecule has 7 heteroatoms. The van der Waals surface area contributed by atoms with Gasteiger partial charge < -0.3 is 53.6 Å². The summed E-state index contributed by atoms with van der Waals surface area (Å²) in [6.07, 6.45) is 0. The molecule has 0 bridgehead atoms. The second-order valence-corrected chi connectivity index (χ2v) is 0. The van der Waals surface area contributed by atoms with Crippen molar-refractivity contribution in [1.82, 2.24) is 0 Å². The summed E-state index contributed by atoms with van der Waals surface area (Å²) in [6.45, 7) is 0. The molecule has 0 aliphatic heterocycles. The Hall–Kier alpha value is 1.28. The third kappa shape index (κ3) is 124. The maximum Gasteiger partial charge on any atom is 3.00 e. The molecule has 0 aliphatic rings. The van der Waals surface area contributed by atoms with E-state index in [9.17, 15) is 0 Å². The average molecular weight is 187 g/mol. The molecule has 0 spiro atoms. The Morgan fingerprint density at radius 2 is 0.429 bits per heavy atom. The molecule has 0 radical (unpaired) electrons. The summed E-state index contributed by atoms with van der Waals surface area (Å²) >= 11 is 0. The van der Waals surface area contributed by atoms with E-state index in [1.807, 2.05) is 0 Å². The third-order valence-corrected chi connectivity index (χ3v) is 0. The van der Waals surface area contributed by atoms with E-state index < -0.39 is 0 Å². The van der Waals surface area contributed by atoms with Gasteiger partial charge in [0.1, 0.15) is 0 Å². The summed E-state index contributed by atoms with van der Waals surface area (Å²) in [6, 6.07) is 0. The van der Waals surface area contributed by atoms with Crippen LogP contribution in [0.2, 0.25) is 0 Å². The second-order valence-electron chi connectivity index (χ2n) is 0. The number of rotatable bonds is 0. The van der Waals surface area contributed by atoms with E-state index in [1.54, 1.807) is 0 Å². The Labute approximate surface area is 71.1 Å². The van der Waals surface area contributed by atoms with Crippen molar-refractivity contribution in [3.63, 3.8) is 0 Å². The molecule has 0 heterocycles. The van der Waals surface area contributed by atoms with Gasteiger partial charge in [0.25, 0.3) is 0 Å². The summed E-state index contributed by atoms with van der Waals surface area (Å²) in [4.78, 5) is 0. The Bertz CT molecular complexity index is 10.1. The van der Waals surface area contributed by atoms with E-state index >= 15 is 0 Å². The van der Waals surface area contributed by atoms with Gasteiger partial charge >= 0.3 is 17.4 Å². The molecule has 0 rings (SSSR count). The zero-order chi connectivity index (χ0) is 0. The van der Waals surface area contributed by atoms with Crippen LogP contribution in [-0.2, 0) is 0 Å². The molecule has 0 atom stereocenters. The fourth-order valence-electron chi connectivity index (χ4n) is 0. The zero-order valence-corrected chi connectivity index (χ0v) is 6.63. The van der Waals surface area contributed by atoms with Gasteiger partial charge in [-0.1, -0.05) is 0 Å². The van der Waals surface area contributed by atoms with E-state index in [0.29, 0.717) is 0 Å². The Morgan fingerprint density at radius 1 is 0.429 bits per heavy atom. The van der Waals surface area contributed by atoms with Gasteiger partial charge in [-0.15, -0.1) is 0 Å². The van der Waals surface area contributed by atoms with E-state index in [1.165, 1.54) is 0 Å². The molecule has 0 aliphatic carbocycles. The number of hydrogen-bond donors (Lipinski definition) is 0. The van der Waals surface area contributed by atoms with Crippen molar-refractivity contribution in [2.75, 3.05) is 0 Å². The molecule has 0 fully saturated rings. The maximum absolute atomic E-state index is 0. The van der Waals surface area contributed by atoms with E-state index in [-0.39, 0.29) is 71.0 Å². The SMILES string of the molecule is O.O.O.[Al+3].[Cl-].[Cl-].[Cl-]. The Morgan fingerprint density at radius 3 is 0.429 bits per heavy atom. The predicted octanol–water partition coefficient (Wildman–Crippen LogP) is -11.8. The van der Waals surface area contributed by atoms with E-state index in [2.05, 4.69) is 0 Å². The van der Waals surface area contributed by atoms with Gasteiger partial charge in [-0.25, -0.2) is 0 Å². The van der Waals surface area contributed by atoms with E-state index in [4.69, 9.17) is 0 Å². The van der Waals surface area contributed by atoms with Crippen molar-refractivity contribution in [2.45, 2.75) is 0 Å². The summed E-state index contributed by atoms with van der Waals surface area (Å²) in [7, 11) is 0. The van der Waals surface area contributed by atoms with Crippen molar-refractivity contribution in [2.24, 2.45) is 0 Å². The van der Waals surface area contributed by atoms with Gasteiger partial charge in [0.05, 0.1) is 0 Å². The minimum Gasteiger partial charge on any atom is -1.00 e. The molecule has 0 saturated carbocycles. The minimum atomic E-state index is 0. The fraction of sp³-hybridized carbons (Fsp3) is 0. The molecule has 7 heavy (non-hydrogen) atoms. The summed E-state index contributed by atoms with van der Waals surface area (Å²) in [5.74, 6) is 0. The van der Waals surface area contributed by atoms with Crippen molar-refractivity contribution in [3.8, 4) is 0 Å². The van der Waals surface area contributed by atoms with Crippen molar-refractivity contribution < 1.29 is 53.6 Å². The van der Waals surface area contributed by atoms with Crippen LogP contribution in [0.5, 0.6) is 0 Å². The van der Waals surface area contributed by atoms with Gasteiger partial charge in [-0.05, 0) is 0 Å².